The number of rotatable bonds is 2. The van der Waals surface area contributed by atoms with E-state index in [1.54, 1.807) is 13.1 Å². The molecule has 3 rings (SSSR count). The highest BCUT2D eigenvalue weighted by atomic mass is 19.4. The number of alkyl halides is 3. The quantitative estimate of drug-likeness (QED) is 0.402. The summed E-state index contributed by atoms with van der Waals surface area (Å²) in [6.07, 6.45) is -4.49. The molecule has 0 bridgehead atoms. The van der Waals surface area contributed by atoms with Crippen molar-refractivity contribution in [3.8, 4) is 0 Å². The van der Waals surface area contributed by atoms with Crippen molar-refractivity contribution < 1.29 is 13.2 Å². The predicted molar refractivity (Wildman–Crippen MR) is 99.5 cm³/mol. The van der Waals surface area contributed by atoms with E-state index in [4.69, 9.17) is 11.5 Å². The smallest absolute Gasteiger partial charge is 0.399 e. The molecule has 0 atom stereocenters. The van der Waals surface area contributed by atoms with Crippen molar-refractivity contribution in [2.24, 2.45) is 10.7 Å². The summed E-state index contributed by atoms with van der Waals surface area (Å²) >= 11 is 0. The molecule has 0 saturated carbocycles. The van der Waals surface area contributed by atoms with Crippen LogP contribution in [-0.4, -0.2) is 13.0 Å². The highest BCUT2D eigenvalue weighted by Gasteiger charge is 2.31. The summed E-state index contributed by atoms with van der Waals surface area (Å²) in [4.78, 5) is 5.75. The Morgan fingerprint density at radius 2 is 1.69 bits per heavy atom. The van der Waals surface area contributed by atoms with Crippen LogP contribution in [0.25, 0.3) is 10.8 Å². The van der Waals surface area contributed by atoms with Gasteiger partial charge in [-0.25, -0.2) is 4.99 Å². The van der Waals surface area contributed by atoms with E-state index in [1.165, 1.54) is 11.0 Å². The number of anilines is 2. The average Bonchev–Trinajstić information content (AvgIpc) is 2.60. The molecule has 7 heteroatoms. The molecule has 0 spiro atoms. The summed E-state index contributed by atoms with van der Waals surface area (Å²) in [5.41, 5.74) is 11.7. The molecule has 0 aliphatic carbocycles. The maximum absolute atomic E-state index is 13.0. The van der Waals surface area contributed by atoms with Crippen LogP contribution in [0.1, 0.15) is 5.56 Å². The van der Waals surface area contributed by atoms with Crippen LogP contribution >= 0.6 is 0 Å². The Bertz CT molecular complexity index is 975. The summed E-state index contributed by atoms with van der Waals surface area (Å²) in [7, 11) is 1.54. The summed E-state index contributed by atoms with van der Waals surface area (Å²) < 4.78 is 39.0. The van der Waals surface area contributed by atoms with E-state index in [1.807, 2.05) is 36.4 Å². The number of guanidine groups is 1. The number of halogens is 3. The van der Waals surface area contributed by atoms with Crippen molar-refractivity contribution >= 4 is 33.8 Å². The van der Waals surface area contributed by atoms with Crippen molar-refractivity contribution in [3.63, 3.8) is 0 Å². The van der Waals surface area contributed by atoms with Crippen molar-refractivity contribution in [1.29, 1.82) is 0 Å². The van der Waals surface area contributed by atoms with Crippen LogP contribution in [0.2, 0.25) is 0 Å². The first-order valence-corrected chi connectivity index (χ1v) is 7.79. The minimum atomic E-state index is -4.49. The van der Waals surface area contributed by atoms with E-state index in [9.17, 15) is 13.2 Å². The molecule has 0 aliphatic heterocycles. The van der Waals surface area contributed by atoms with Gasteiger partial charge in [-0.1, -0.05) is 36.4 Å². The van der Waals surface area contributed by atoms with E-state index >= 15 is 0 Å². The standard InChI is InChI=1S/C19H17F3N4/c1-26(15-10-13(19(20,21)22)9-14(23)11-15)18(24)25-17-8-4-6-12-5-2-3-7-16(12)17/h2-11H,23H2,1H3,(H2,24,25). The van der Waals surface area contributed by atoms with Gasteiger partial charge in [-0.2, -0.15) is 13.2 Å². The van der Waals surface area contributed by atoms with Gasteiger partial charge in [0.05, 0.1) is 11.3 Å². The Hall–Kier alpha value is -3.22. The van der Waals surface area contributed by atoms with Crippen LogP contribution < -0.4 is 16.4 Å². The van der Waals surface area contributed by atoms with E-state index in [0.717, 1.165) is 22.9 Å². The first-order chi connectivity index (χ1) is 12.3. The van der Waals surface area contributed by atoms with Crippen LogP contribution in [0.3, 0.4) is 0 Å². The maximum atomic E-state index is 13.0. The SMILES string of the molecule is CN(C(N)=Nc1cccc2ccccc12)c1cc(N)cc(C(F)(F)F)c1. The molecule has 0 unspecified atom stereocenters. The van der Waals surface area contributed by atoms with Crippen LogP contribution in [0, 0.1) is 0 Å². The van der Waals surface area contributed by atoms with Gasteiger partial charge in [0.25, 0.3) is 0 Å². The third-order valence-electron chi connectivity index (χ3n) is 4.00. The van der Waals surface area contributed by atoms with Gasteiger partial charge >= 0.3 is 6.18 Å². The zero-order chi connectivity index (χ0) is 18.9. The van der Waals surface area contributed by atoms with Crippen LogP contribution in [0.4, 0.5) is 30.2 Å². The van der Waals surface area contributed by atoms with Crippen molar-refractivity contribution in [1.82, 2.24) is 0 Å². The molecule has 3 aromatic carbocycles. The van der Waals surface area contributed by atoms with E-state index < -0.39 is 11.7 Å². The monoisotopic (exact) mass is 358 g/mol. The first-order valence-electron chi connectivity index (χ1n) is 7.79. The highest BCUT2D eigenvalue weighted by Crippen LogP contribution is 2.33. The molecule has 0 amide bonds. The predicted octanol–water partition coefficient (Wildman–Crippen LogP) is 4.52. The van der Waals surface area contributed by atoms with E-state index in [-0.39, 0.29) is 17.3 Å². The largest absolute Gasteiger partial charge is 0.416 e. The van der Waals surface area contributed by atoms with Gasteiger partial charge in [0, 0.05) is 23.8 Å². The maximum Gasteiger partial charge on any atom is 0.416 e. The Balaban J connectivity index is 2.01. The molecule has 4 N–H and O–H groups in total. The lowest BCUT2D eigenvalue weighted by atomic mass is 10.1. The second kappa shape index (κ2) is 6.59. The summed E-state index contributed by atoms with van der Waals surface area (Å²) in [6.45, 7) is 0. The first kappa shape index (κ1) is 17.6. The van der Waals surface area contributed by atoms with Crippen molar-refractivity contribution in [2.45, 2.75) is 6.18 Å². The third-order valence-corrected chi connectivity index (χ3v) is 4.00. The molecule has 0 aliphatic rings. The van der Waals surface area contributed by atoms with Gasteiger partial charge in [0.2, 0.25) is 5.96 Å². The molecular weight excluding hydrogens is 341 g/mol. The molecule has 134 valence electrons. The fourth-order valence-electron chi connectivity index (χ4n) is 2.63. The van der Waals surface area contributed by atoms with Gasteiger partial charge in [-0.05, 0) is 29.7 Å². The van der Waals surface area contributed by atoms with Gasteiger partial charge < -0.3 is 16.4 Å². The molecule has 0 aromatic heterocycles. The zero-order valence-electron chi connectivity index (χ0n) is 14.0. The summed E-state index contributed by atoms with van der Waals surface area (Å²) in [6, 6.07) is 16.5. The van der Waals surface area contributed by atoms with Gasteiger partial charge in [0.15, 0.2) is 0 Å². The molecule has 0 fully saturated rings. The fourth-order valence-corrected chi connectivity index (χ4v) is 2.63. The molecule has 4 nitrogen and oxygen atoms in total. The number of fused-ring (bicyclic) bond motifs is 1. The number of nitrogens with two attached hydrogens (primary N) is 2. The third kappa shape index (κ3) is 3.56. The molecular formula is C19H17F3N4. The number of hydrogen-bond donors (Lipinski definition) is 2. The average molecular weight is 358 g/mol. The molecule has 0 radical (unpaired) electrons. The number of benzene rings is 3. The fraction of sp³-hybridized carbons (Fsp3) is 0.105. The van der Waals surface area contributed by atoms with Gasteiger partial charge in [-0.3, -0.25) is 0 Å². The highest BCUT2D eigenvalue weighted by molar-refractivity contribution is 6.00. The molecule has 3 aromatic rings. The lowest BCUT2D eigenvalue weighted by Gasteiger charge is -2.20. The number of nitrogens with zero attached hydrogens (tertiary/aromatic N) is 2. The Morgan fingerprint density at radius 1 is 1.00 bits per heavy atom. The summed E-state index contributed by atoms with van der Waals surface area (Å²) in [5, 5.41) is 1.89. The van der Waals surface area contributed by atoms with Crippen LogP contribution in [-0.2, 0) is 6.18 Å². The summed E-state index contributed by atoms with van der Waals surface area (Å²) in [5.74, 6) is 0.0556. The second-order valence-electron chi connectivity index (χ2n) is 5.84. The molecule has 0 saturated heterocycles. The number of aliphatic imine (C=N–C) groups is 1. The normalized spacial score (nSPS) is 12.4. The van der Waals surface area contributed by atoms with E-state index in [0.29, 0.717) is 5.69 Å². The van der Waals surface area contributed by atoms with E-state index in [2.05, 4.69) is 4.99 Å². The van der Waals surface area contributed by atoms with Crippen molar-refractivity contribution in [3.05, 3.63) is 66.2 Å². The van der Waals surface area contributed by atoms with Gasteiger partial charge in [-0.15, -0.1) is 0 Å². The molecule has 0 heterocycles. The minimum absolute atomic E-state index is 0.000337. The second-order valence-corrected chi connectivity index (χ2v) is 5.84. The Morgan fingerprint density at radius 3 is 2.42 bits per heavy atom. The lowest BCUT2D eigenvalue weighted by molar-refractivity contribution is -0.137. The zero-order valence-corrected chi connectivity index (χ0v) is 14.0. The Kier molecular flexibility index (Phi) is 4.46. The number of nitrogen functional groups attached to an aromatic ring is 1. The molecule has 26 heavy (non-hydrogen) atoms. The van der Waals surface area contributed by atoms with Gasteiger partial charge in [0.1, 0.15) is 0 Å². The lowest BCUT2D eigenvalue weighted by Crippen LogP contribution is -2.33. The van der Waals surface area contributed by atoms with Crippen LogP contribution in [0.5, 0.6) is 0 Å². The Labute approximate surface area is 148 Å². The number of hydrogen-bond acceptors (Lipinski definition) is 2. The van der Waals surface area contributed by atoms with Crippen molar-refractivity contribution in [2.75, 3.05) is 17.7 Å². The topological polar surface area (TPSA) is 67.6 Å². The minimum Gasteiger partial charge on any atom is -0.399 e. The van der Waals surface area contributed by atoms with Crippen LogP contribution in [0.15, 0.2) is 65.7 Å².